The summed E-state index contributed by atoms with van der Waals surface area (Å²) in [6.45, 7) is 8.32. The van der Waals surface area contributed by atoms with E-state index in [0.717, 1.165) is 29.4 Å². The first-order valence-electron chi connectivity index (χ1n) is 5.08. The van der Waals surface area contributed by atoms with Crippen molar-refractivity contribution in [2.75, 3.05) is 23.4 Å². The Labute approximate surface area is 106 Å². The smallest absolute Gasteiger partial charge is 0.171 e. The van der Waals surface area contributed by atoms with E-state index in [1.807, 2.05) is 31.7 Å². The van der Waals surface area contributed by atoms with Crippen LogP contribution in [0.15, 0.2) is 12.7 Å². The molecule has 0 unspecified atom stereocenters. The van der Waals surface area contributed by atoms with E-state index in [0.29, 0.717) is 11.0 Å². The first-order valence-corrected chi connectivity index (χ1v) is 6.61. The summed E-state index contributed by atoms with van der Waals surface area (Å²) in [6.07, 6.45) is 1.90. The van der Waals surface area contributed by atoms with Crippen LogP contribution in [0.1, 0.15) is 11.4 Å². The molecule has 88 valence electrons. The maximum absolute atomic E-state index is 5.98. The van der Waals surface area contributed by atoms with Crippen molar-refractivity contribution in [3.05, 3.63) is 29.2 Å². The number of hydrogen-bond acceptors (Lipinski definition) is 4. The molecule has 5 heteroatoms. The lowest BCUT2D eigenvalue weighted by atomic mass is 10.3. The minimum absolute atomic E-state index is 0.442. The van der Waals surface area contributed by atoms with Crippen molar-refractivity contribution >= 4 is 29.2 Å². The predicted octanol–water partition coefficient (Wildman–Crippen LogP) is 3.08. The number of thioether (sulfide) groups is 1. The van der Waals surface area contributed by atoms with Crippen LogP contribution in [-0.2, 0) is 0 Å². The summed E-state index contributed by atoms with van der Waals surface area (Å²) >= 11 is 7.80. The third-order valence-corrected chi connectivity index (χ3v) is 3.27. The molecule has 0 fully saturated rings. The Morgan fingerprint density at radius 2 is 2.06 bits per heavy atom. The molecule has 0 saturated carbocycles. The average Bonchev–Trinajstić information content (AvgIpc) is 2.25. The van der Waals surface area contributed by atoms with E-state index in [2.05, 4.69) is 21.9 Å². The molecule has 0 bridgehead atoms. The van der Waals surface area contributed by atoms with Crippen LogP contribution in [0.2, 0.25) is 5.15 Å². The number of anilines is 1. The van der Waals surface area contributed by atoms with Crippen LogP contribution in [0.5, 0.6) is 0 Å². The SMILES string of the molecule is C=CCSCCNc1nc(C)c(C)nc1Cl. The van der Waals surface area contributed by atoms with Crippen molar-refractivity contribution in [2.24, 2.45) is 0 Å². The molecule has 0 radical (unpaired) electrons. The largest absolute Gasteiger partial charge is 0.367 e. The Morgan fingerprint density at radius 1 is 1.38 bits per heavy atom. The van der Waals surface area contributed by atoms with E-state index in [-0.39, 0.29) is 0 Å². The molecule has 0 aliphatic carbocycles. The van der Waals surface area contributed by atoms with Crippen LogP contribution in [0.25, 0.3) is 0 Å². The van der Waals surface area contributed by atoms with E-state index in [4.69, 9.17) is 11.6 Å². The van der Waals surface area contributed by atoms with E-state index >= 15 is 0 Å². The summed E-state index contributed by atoms with van der Waals surface area (Å²) in [6, 6.07) is 0. The Balaban J connectivity index is 2.47. The number of aromatic nitrogens is 2. The molecule has 1 N–H and O–H groups in total. The van der Waals surface area contributed by atoms with Crippen LogP contribution in [0.3, 0.4) is 0 Å². The molecule has 16 heavy (non-hydrogen) atoms. The van der Waals surface area contributed by atoms with Gasteiger partial charge in [-0.15, -0.1) is 6.58 Å². The Hall–Kier alpha value is -0.740. The third-order valence-electron chi connectivity index (χ3n) is 2.04. The van der Waals surface area contributed by atoms with Crippen molar-refractivity contribution in [1.82, 2.24) is 9.97 Å². The summed E-state index contributed by atoms with van der Waals surface area (Å²) in [5.41, 5.74) is 1.78. The molecule has 0 atom stereocenters. The summed E-state index contributed by atoms with van der Waals surface area (Å²) in [4.78, 5) is 8.56. The van der Waals surface area contributed by atoms with Crippen LogP contribution >= 0.6 is 23.4 Å². The molecule has 0 aromatic carbocycles. The van der Waals surface area contributed by atoms with Crippen molar-refractivity contribution < 1.29 is 0 Å². The number of halogens is 1. The summed E-state index contributed by atoms with van der Waals surface area (Å²) in [5.74, 6) is 2.63. The van der Waals surface area contributed by atoms with Crippen molar-refractivity contribution in [2.45, 2.75) is 13.8 Å². The Kier molecular flexibility index (Phi) is 5.63. The molecule has 1 rings (SSSR count). The van der Waals surface area contributed by atoms with Gasteiger partial charge in [0.25, 0.3) is 0 Å². The van der Waals surface area contributed by atoms with Gasteiger partial charge >= 0.3 is 0 Å². The number of hydrogen-bond donors (Lipinski definition) is 1. The van der Waals surface area contributed by atoms with Gasteiger partial charge in [-0.1, -0.05) is 17.7 Å². The van der Waals surface area contributed by atoms with Crippen LogP contribution < -0.4 is 5.32 Å². The minimum Gasteiger partial charge on any atom is -0.367 e. The number of aryl methyl sites for hydroxylation is 2. The first-order chi connectivity index (χ1) is 7.65. The highest BCUT2D eigenvalue weighted by Gasteiger charge is 2.05. The Bertz CT molecular complexity index is 368. The van der Waals surface area contributed by atoms with Gasteiger partial charge in [0.15, 0.2) is 11.0 Å². The zero-order valence-electron chi connectivity index (χ0n) is 9.59. The van der Waals surface area contributed by atoms with Gasteiger partial charge in [0.1, 0.15) is 0 Å². The number of nitrogens with one attached hydrogen (secondary N) is 1. The normalized spacial score (nSPS) is 10.2. The number of rotatable bonds is 6. The van der Waals surface area contributed by atoms with E-state index in [9.17, 15) is 0 Å². The van der Waals surface area contributed by atoms with Gasteiger partial charge in [0.05, 0.1) is 11.4 Å². The highest BCUT2D eigenvalue weighted by Crippen LogP contribution is 2.18. The van der Waals surface area contributed by atoms with Gasteiger partial charge < -0.3 is 5.32 Å². The summed E-state index contributed by atoms with van der Waals surface area (Å²) < 4.78 is 0. The fraction of sp³-hybridized carbons (Fsp3) is 0.455. The molecule has 0 aliphatic heterocycles. The standard InChI is InChI=1S/C11H16ClN3S/c1-4-6-16-7-5-13-11-10(12)14-8(2)9(3)15-11/h4H,1,5-7H2,2-3H3,(H,13,15). The number of nitrogens with zero attached hydrogens (tertiary/aromatic N) is 2. The lowest BCUT2D eigenvalue weighted by Crippen LogP contribution is -2.08. The fourth-order valence-electron chi connectivity index (χ4n) is 1.10. The van der Waals surface area contributed by atoms with Gasteiger partial charge in [-0.3, -0.25) is 0 Å². The van der Waals surface area contributed by atoms with Gasteiger partial charge in [-0.2, -0.15) is 11.8 Å². The van der Waals surface area contributed by atoms with Gasteiger partial charge in [0.2, 0.25) is 0 Å². The molecule has 1 heterocycles. The molecular formula is C11H16ClN3S. The third kappa shape index (κ3) is 4.02. The fourth-order valence-corrected chi connectivity index (χ4v) is 1.91. The highest BCUT2D eigenvalue weighted by atomic mass is 35.5. The second kappa shape index (κ2) is 6.76. The molecule has 0 saturated heterocycles. The summed E-state index contributed by atoms with van der Waals surface area (Å²) in [5, 5.41) is 3.62. The second-order valence-electron chi connectivity index (χ2n) is 3.32. The molecular weight excluding hydrogens is 242 g/mol. The zero-order chi connectivity index (χ0) is 12.0. The Morgan fingerprint density at radius 3 is 2.75 bits per heavy atom. The molecule has 0 amide bonds. The van der Waals surface area contributed by atoms with Crippen molar-refractivity contribution in [3.8, 4) is 0 Å². The highest BCUT2D eigenvalue weighted by molar-refractivity contribution is 7.99. The topological polar surface area (TPSA) is 37.8 Å². The van der Waals surface area contributed by atoms with E-state index < -0.39 is 0 Å². The summed E-state index contributed by atoms with van der Waals surface area (Å²) in [7, 11) is 0. The van der Waals surface area contributed by atoms with Crippen molar-refractivity contribution in [1.29, 1.82) is 0 Å². The maximum Gasteiger partial charge on any atom is 0.171 e. The first kappa shape index (κ1) is 13.3. The van der Waals surface area contributed by atoms with Crippen LogP contribution in [0.4, 0.5) is 5.82 Å². The second-order valence-corrected chi connectivity index (χ2v) is 4.83. The van der Waals surface area contributed by atoms with E-state index in [1.165, 1.54) is 0 Å². The average molecular weight is 258 g/mol. The molecule has 1 aromatic heterocycles. The lowest BCUT2D eigenvalue weighted by molar-refractivity contribution is 1.03. The van der Waals surface area contributed by atoms with Gasteiger partial charge in [-0.25, -0.2) is 9.97 Å². The minimum atomic E-state index is 0.442. The van der Waals surface area contributed by atoms with Crippen LogP contribution in [-0.4, -0.2) is 28.0 Å². The zero-order valence-corrected chi connectivity index (χ0v) is 11.2. The quantitative estimate of drug-likeness (QED) is 0.628. The van der Waals surface area contributed by atoms with Gasteiger partial charge in [0, 0.05) is 18.1 Å². The van der Waals surface area contributed by atoms with Crippen molar-refractivity contribution in [3.63, 3.8) is 0 Å². The maximum atomic E-state index is 5.98. The predicted molar refractivity (Wildman–Crippen MR) is 72.5 cm³/mol. The molecule has 0 spiro atoms. The van der Waals surface area contributed by atoms with Crippen LogP contribution in [0, 0.1) is 13.8 Å². The lowest BCUT2D eigenvalue weighted by Gasteiger charge is -2.08. The molecule has 3 nitrogen and oxygen atoms in total. The monoisotopic (exact) mass is 257 g/mol. The van der Waals surface area contributed by atoms with Gasteiger partial charge in [-0.05, 0) is 13.8 Å². The van der Waals surface area contributed by atoms with E-state index in [1.54, 1.807) is 0 Å². The molecule has 1 aromatic rings. The molecule has 0 aliphatic rings.